The Kier molecular flexibility index (Phi) is 13.9. The third-order valence-corrected chi connectivity index (χ3v) is 11.7. The second-order valence-electron chi connectivity index (χ2n) is 16.0. The molecule has 13 nitrogen and oxygen atoms in total. The van der Waals surface area contributed by atoms with Crippen LogP contribution in [0.25, 0.3) is 22.0 Å². The van der Waals surface area contributed by atoms with Crippen LogP contribution in [0.15, 0.2) is 108 Å². The number of H-pyrrole nitrogens is 1. The lowest BCUT2D eigenvalue weighted by molar-refractivity contribution is -0.130. The number of aromatic amines is 1. The molecular weight excluding hydrogens is 761 g/mol. The topological polar surface area (TPSA) is 176 Å². The lowest BCUT2D eigenvalue weighted by Gasteiger charge is -2.21. The van der Waals surface area contributed by atoms with Crippen molar-refractivity contribution in [1.82, 2.24) is 20.1 Å². The average Bonchev–Trinajstić information content (AvgIpc) is 3.80. The number of carbonyl (C=O) groups excluding carboxylic acids is 3. The van der Waals surface area contributed by atoms with Gasteiger partial charge >= 0.3 is 6.09 Å². The Balaban J connectivity index is 0.752. The SMILES string of the molecule is CN(CCCCC(=O)Nc1cccc(CNC[C@H](O)c2ccc(O)c3[nH]c(=O)ccc23)c1)C(=O)CCN1CC2CC(OC(=O)Nc3ccccc3-c3ccccc3)CC2C1. The van der Waals surface area contributed by atoms with Gasteiger partial charge in [-0.15, -0.1) is 0 Å². The third-order valence-electron chi connectivity index (χ3n) is 11.7. The highest BCUT2D eigenvalue weighted by atomic mass is 16.6. The van der Waals surface area contributed by atoms with Crippen LogP contribution in [-0.4, -0.2) is 88.8 Å². The van der Waals surface area contributed by atoms with Crippen LogP contribution in [-0.2, 0) is 20.9 Å². The number of aromatic hydroxyl groups is 1. The molecule has 5 aromatic rings. The van der Waals surface area contributed by atoms with E-state index in [-0.39, 0.29) is 41.3 Å². The Hall–Kier alpha value is -6.02. The predicted molar refractivity (Wildman–Crippen MR) is 233 cm³/mol. The lowest BCUT2D eigenvalue weighted by atomic mass is 10.0. The van der Waals surface area contributed by atoms with Crippen LogP contribution in [0.3, 0.4) is 0 Å². The summed E-state index contributed by atoms with van der Waals surface area (Å²) in [5.74, 6) is 0.838. The molecule has 7 rings (SSSR count). The largest absolute Gasteiger partial charge is 0.506 e. The van der Waals surface area contributed by atoms with E-state index in [9.17, 15) is 29.4 Å². The summed E-state index contributed by atoms with van der Waals surface area (Å²) in [4.78, 5) is 57.0. The molecule has 2 aliphatic rings. The molecule has 1 saturated carbocycles. The van der Waals surface area contributed by atoms with Crippen molar-refractivity contribution in [1.29, 1.82) is 0 Å². The number of aliphatic hydroxyl groups is 1. The molecule has 3 atom stereocenters. The molecule has 0 radical (unpaired) electrons. The molecule has 2 unspecified atom stereocenters. The van der Waals surface area contributed by atoms with Crippen molar-refractivity contribution in [2.75, 3.05) is 50.4 Å². The quantitative estimate of drug-likeness (QED) is 0.0562. The van der Waals surface area contributed by atoms with Crippen LogP contribution in [0.5, 0.6) is 5.75 Å². The highest BCUT2D eigenvalue weighted by Gasteiger charge is 2.42. The van der Waals surface area contributed by atoms with Gasteiger partial charge in [0.05, 0.1) is 17.3 Å². The van der Waals surface area contributed by atoms with Crippen molar-refractivity contribution < 1.29 is 29.3 Å². The highest BCUT2D eigenvalue weighted by Crippen LogP contribution is 2.40. The number of carbonyl (C=O) groups is 3. The fourth-order valence-corrected chi connectivity index (χ4v) is 8.57. The third kappa shape index (κ3) is 11.0. The number of ether oxygens (including phenoxy) is 1. The minimum absolute atomic E-state index is 0.0608. The molecule has 1 saturated heterocycles. The van der Waals surface area contributed by atoms with Crippen molar-refractivity contribution in [2.45, 2.75) is 57.3 Å². The lowest BCUT2D eigenvalue weighted by Crippen LogP contribution is -2.33. The smallest absolute Gasteiger partial charge is 0.411 e. The van der Waals surface area contributed by atoms with Crippen molar-refractivity contribution in [3.63, 3.8) is 0 Å². The number of hydrogen-bond acceptors (Lipinski definition) is 9. The predicted octanol–water partition coefficient (Wildman–Crippen LogP) is 6.64. The molecule has 2 fully saturated rings. The zero-order valence-corrected chi connectivity index (χ0v) is 33.9. The van der Waals surface area contributed by atoms with E-state index in [4.69, 9.17) is 4.74 Å². The van der Waals surface area contributed by atoms with Gasteiger partial charge in [-0.05, 0) is 84.5 Å². The fourth-order valence-electron chi connectivity index (χ4n) is 8.57. The van der Waals surface area contributed by atoms with Gasteiger partial charge in [0, 0.05) is 81.9 Å². The van der Waals surface area contributed by atoms with Gasteiger partial charge < -0.3 is 40.4 Å². The normalized spacial score (nSPS) is 17.9. The molecule has 314 valence electrons. The van der Waals surface area contributed by atoms with Gasteiger partial charge in [-0.3, -0.25) is 19.7 Å². The summed E-state index contributed by atoms with van der Waals surface area (Å²) in [6, 6.07) is 31.2. The summed E-state index contributed by atoms with van der Waals surface area (Å²) in [6.07, 6.45) is 2.39. The van der Waals surface area contributed by atoms with E-state index >= 15 is 0 Å². The minimum atomic E-state index is -0.879. The van der Waals surface area contributed by atoms with E-state index in [1.165, 1.54) is 12.1 Å². The zero-order chi connectivity index (χ0) is 42.0. The number of phenols is 1. The number of anilines is 2. The molecule has 0 spiro atoms. The number of rotatable bonds is 17. The molecule has 1 aliphatic heterocycles. The second-order valence-corrected chi connectivity index (χ2v) is 16.0. The molecule has 6 N–H and O–H groups in total. The van der Waals surface area contributed by atoms with Crippen LogP contribution in [0.2, 0.25) is 0 Å². The summed E-state index contributed by atoms with van der Waals surface area (Å²) in [5.41, 5.74) is 4.84. The van der Waals surface area contributed by atoms with Crippen LogP contribution in [0, 0.1) is 11.8 Å². The average molecular weight is 815 g/mol. The monoisotopic (exact) mass is 814 g/mol. The number of unbranched alkanes of at least 4 members (excludes halogenated alkanes) is 1. The molecule has 0 bridgehead atoms. The van der Waals surface area contributed by atoms with Crippen molar-refractivity contribution >= 4 is 40.2 Å². The molecule has 3 amide bonds. The van der Waals surface area contributed by atoms with Gasteiger partial charge in [-0.25, -0.2) is 4.79 Å². The Morgan fingerprint density at radius 2 is 1.65 bits per heavy atom. The first-order valence-corrected chi connectivity index (χ1v) is 20.8. The van der Waals surface area contributed by atoms with E-state index < -0.39 is 12.2 Å². The van der Waals surface area contributed by atoms with Crippen molar-refractivity contribution in [2.24, 2.45) is 11.8 Å². The maximum atomic E-state index is 13.0. The second kappa shape index (κ2) is 19.8. The van der Waals surface area contributed by atoms with Crippen molar-refractivity contribution in [3.05, 3.63) is 125 Å². The summed E-state index contributed by atoms with van der Waals surface area (Å²) < 4.78 is 5.87. The summed E-state index contributed by atoms with van der Waals surface area (Å²) >= 11 is 0. The number of nitrogens with one attached hydrogen (secondary N) is 4. The van der Waals surface area contributed by atoms with E-state index in [1.807, 2.05) is 85.9 Å². The molecule has 2 heterocycles. The maximum absolute atomic E-state index is 13.0. The minimum Gasteiger partial charge on any atom is -0.506 e. The Labute approximate surface area is 349 Å². The number of aromatic nitrogens is 1. The molecule has 13 heteroatoms. The number of benzene rings is 4. The fraction of sp³-hybridized carbons (Fsp3) is 0.362. The van der Waals surface area contributed by atoms with E-state index in [2.05, 4.69) is 25.8 Å². The number of aliphatic hydroxyl groups excluding tert-OH is 1. The highest BCUT2D eigenvalue weighted by molar-refractivity contribution is 5.92. The van der Waals surface area contributed by atoms with E-state index in [1.54, 1.807) is 17.0 Å². The maximum Gasteiger partial charge on any atom is 0.411 e. The Bertz CT molecular complexity index is 2320. The molecule has 4 aromatic carbocycles. The molecule has 1 aliphatic carbocycles. The number of amides is 3. The number of hydrogen-bond donors (Lipinski definition) is 6. The van der Waals surface area contributed by atoms with Crippen LogP contribution >= 0.6 is 0 Å². The molecular formula is C47H54N6O7. The summed E-state index contributed by atoms with van der Waals surface area (Å²) in [6.45, 7) is 3.78. The first kappa shape index (κ1) is 42.1. The van der Waals surface area contributed by atoms with E-state index in [0.29, 0.717) is 67.4 Å². The Morgan fingerprint density at radius 1 is 0.883 bits per heavy atom. The number of para-hydroxylation sites is 1. The van der Waals surface area contributed by atoms with Gasteiger partial charge in [0.15, 0.2) is 0 Å². The van der Waals surface area contributed by atoms with Crippen LogP contribution < -0.4 is 21.5 Å². The first-order valence-electron chi connectivity index (χ1n) is 20.8. The number of nitrogens with zero attached hydrogens (tertiary/aromatic N) is 2. The molecule has 60 heavy (non-hydrogen) atoms. The Morgan fingerprint density at radius 3 is 2.45 bits per heavy atom. The van der Waals surface area contributed by atoms with E-state index in [0.717, 1.165) is 54.7 Å². The van der Waals surface area contributed by atoms with Gasteiger partial charge in [-0.2, -0.15) is 0 Å². The van der Waals surface area contributed by atoms with Crippen LogP contribution in [0.1, 0.15) is 55.8 Å². The standard InChI is InChI=1S/C47H54N6O7/c1-52(45(58)21-23-53-29-33-25-36(26-34(33)30-53)60-47(59)50-40-15-6-5-14-37(40)32-11-3-2-4-12-32)22-8-7-16-43(56)49-35-13-9-10-31(24-35)27-48-28-42(55)38-17-19-41(54)46-39(38)18-20-44(57)51-46/h2-6,9-15,17-20,24,33-34,36,42,48,54-55H,7-8,16,21-23,25-30H2,1H3,(H,49,56)(H,50,59)(H,51,57)/t33?,34?,36?,42-/m0/s1. The van der Waals surface area contributed by atoms with Crippen molar-refractivity contribution in [3.8, 4) is 16.9 Å². The number of pyridine rings is 1. The van der Waals surface area contributed by atoms with Gasteiger partial charge in [0.1, 0.15) is 11.9 Å². The van der Waals surface area contributed by atoms with Crippen LogP contribution in [0.4, 0.5) is 16.2 Å². The number of phenolic OH excluding ortho intramolecular Hbond substituents is 1. The van der Waals surface area contributed by atoms with Gasteiger partial charge in [-0.1, -0.05) is 66.7 Å². The number of fused-ring (bicyclic) bond motifs is 2. The van der Waals surface area contributed by atoms with Gasteiger partial charge in [0.2, 0.25) is 17.4 Å². The summed E-state index contributed by atoms with van der Waals surface area (Å²) in [5, 5.41) is 30.7. The summed E-state index contributed by atoms with van der Waals surface area (Å²) in [7, 11) is 1.82. The molecule has 1 aromatic heterocycles. The first-order chi connectivity index (χ1) is 29.1. The number of likely N-dealkylation sites (tertiary alicyclic amines) is 1. The van der Waals surface area contributed by atoms with Gasteiger partial charge in [0.25, 0.3) is 0 Å². The zero-order valence-electron chi connectivity index (χ0n) is 33.9.